The molecule has 0 radical (unpaired) electrons. The summed E-state index contributed by atoms with van der Waals surface area (Å²) in [6.45, 7) is 6.50. The normalized spacial score (nSPS) is 13.6. The van der Waals surface area contributed by atoms with Gasteiger partial charge in [-0.1, -0.05) is 0 Å². The lowest BCUT2D eigenvalue weighted by Crippen LogP contribution is -2.49. The third-order valence-electron chi connectivity index (χ3n) is 3.67. The molecule has 0 aliphatic rings. The molecule has 1 aromatic heterocycles. The Bertz CT molecular complexity index is 944. The number of methoxy groups -OCH3 is 1. The van der Waals surface area contributed by atoms with E-state index in [-0.39, 0.29) is 12.2 Å². The van der Waals surface area contributed by atoms with Crippen LogP contribution in [0.15, 0.2) is 17.0 Å². The molecule has 11 nitrogen and oxygen atoms in total. The standard InChI is InChI=1S/C19H29N3O8S2/c1-11(30-32(7,26)27)15(17(24)28-5)22-16(23)14-9-13(31-6)8-12(21-14)10-20-18(25)29-19(2,3)4/h8-9,11,15H,10H2,1-7H3,(H,20,25)(H,22,23). The fourth-order valence-electron chi connectivity index (χ4n) is 2.40. The van der Waals surface area contributed by atoms with Crippen LogP contribution in [0.3, 0.4) is 0 Å². The highest BCUT2D eigenvalue weighted by Gasteiger charge is 2.31. The van der Waals surface area contributed by atoms with Gasteiger partial charge >= 0.3 is 12.1 Å². The van der Waals surface area contributed by atoms with Crippen molar-refractivity contribution in [3.63, 3.8) is 0 Å². The number of rotatable bonds is 9. The zero-order valence-corrected chi connectivity index (χ0v) is 20.7. The van der Waals surface area contributed by atoms with Crippen LogP contribution in [0.1, 0.15) is 43.9 Å². The maximum Gasteiger partial charge on any atom is 0.407 e. The van der Waals surface area contributed by atoms with E-state index in [0.29, 0.717) is 10.6 Å². The monoisotopic (exact) mass is 491 g/mol. The van der Waals surface area contributed by atoms with Crippen molar-refractivity contribution in [2.75, 3.05) is 19.6 Å². The molecular formula is C19H29N3O8S2. The van der Waals surface area contributed by atoms with E-state index in [1.807, 2.05) is 0 Å². The van der Waals surface area contributed by atoms with Gasteiger partial charge in [0.1, 0.15) is 17.4 Å². The lowest BCUT2D eigenvalue weighted by molar-refractivity contribution is -0.145. The minimum atomic E-state index is -3.89. The summed E-state index contributed by atoms with van der Waals surface area (Å²) >= 11 is 1.34. The molecule has 32 heavy (non-hydrogen) atoms. The third kappa shape index (κ3) is 9.83. The number of alkyl carbamates (subject to hydrolysis) is 1. The average Bonchev–Trinajstić information content (AvgIpc) is 2.66. The van der Waals surface area contributed by atoms with Gasteiger partial charge in [0.05, 0.1) is 25.6 Å². The van der Waals surface area contributed by atoms with Crippen LogP contribution in [0, 0.1) is 0 Å². The van der Waals surface area contributed by atoms with Gasteiger partial charge in [0.15, 0.2) is 6.04 Å². The van der Waals surface area contributed by atoms with Crippen molar-refractivity contribution in [3.05, 3.63) is 23.5 Å². The number of nitrogens with one attached hydrogen (secondary N) is 2. The number of ether oxygens (including phenoxy) is 2. The molecule has 180 valence electrons. The molecule has 0 aromatic carbocycles. The van der Waals surface area contributed by atoms with Crippen molar-refractivity contribution in [3.8, 4) is 0 Å². The van der Waals surface area contributed by atoms with Crippen LogP contribution in [0.4, 0.5) is 4.79 Å². The molecule has 1 heterocycles. The summed E-state index contributed by atoms with van der Waals surface area (Å²) in [5.74, 6) is -1.64. The summed E-state index contributed by atoms with van der Waals surface area (Å²) in [6.07, 6.45) is 0.755. The number of hydrogen-bond donors (Lipinski definition) is 2. The van der Waals surface area contributed by atoms with Gasteiger partial charge in [0.2, 0.25) is 0 Å². The topological polar surface area (TPSA) is 150 Å². The van der Waals surface area contributed by atoms with Gasteiger partial charge in [-0.25, -0.2) is 14.6 Å². The van der Waals surface area contributed by atoms with Crippen molar-refractivity contribution < 1.29 is 36.5 Å². The van der Waals surface area contributed by atoms with Crippen LogP contribution in [0.5, 0.6) is 0 Å². The molecule has 0 saturated heterocycles. The Balaban J connectivity index is 3.06. The van der Waals surface area contributed by atoms with E-state index in [9.17, 15) is 22.8 Å². The Hall–Kier alpha value is -2.38. The van der Waals surface area contributed by atoms with Gasteiger partial charge in [-0.15, -0.1) is 11.8 Å². The van der Waals surface area contributed by atoms with E-state index in [2.05, 4.69) is 20.4 Å². The van der Waals surface area contributed by atoms with Crippen molar-refractivity contribution in [1.29, 1.82) is 0 Å². The smallest absolute Gasteiger partial charge is 0.407 e. The minimum absolute atomic E-state index is 0.00237. The number of hydrogen-bond acceptors (Lipinski definition) is 10. The van der Waals surface area contributed by atoms with Crippen LogP contribution in [0.25, 0.3) is 0 Å². The van der Waals surface area contributed by atoms with Crippen molar-refractivity contribution in [1.82, 2.24) is 15.6 Å². The summed E-state index contributed by atoms with van der Waals surface area (Å²) in [5.41, 5.74) is -0.335. The summed E-state index contributed by atoms with van der Waals surface area (Å²) in [5, 5.41) is 4.95. The van der Waals surface area contributed by atoms with E-state index in [1.165, 1.54) is 24.8 Å². The van der Waals surface area contributed by atoms with Gasteiger partial charge in [0.25, 0.3) is 16.0 Å². The number of pyridine rings is 1. The van der Waals surface area contributed by atoms with E-state index < -0.39 is 45.8 Å². The van der Waals surface area contributed by atoms with Crippen LogP contribution >= 0.6 is 11.8 Å². The SMILES string of the molecule is COC(=O)C(NC(=O)c1cc(SC)cc(CNC(=O)OC(C)(C)C)n1)C(C)OS(C)(=O)=O. The van der Waals surface area contributed by atoms with Crippen LogP contribution < -0.4 is 10.6 Å². The lowest BCUT2D eigenvalue weighted by Gasteiger charge is -2.22. The maximum absolute atomic E-state index is 12.8. The molecule has 2 N–H and O–H groups in total. The number of nitrogens with zero attached hydrogens (tertiary/aromatic N) is 1. The molecule has 2 amide bonds. The fraction of sp³-hybridized carbons (Fsp3) is 0.579. The average molecular weight is 492 g/mol. The Labute approximate surface area is 192 Å². The number of amides is 2. The number of thioether (sulfide) groups is 1. The highest BCUT2D eigenvalue weighted by Crippen LogP contribution is 2.18. The first-order chi connectivity index (χ1) is 14.6. The summed E-state index contributed by atoms with van der Waals surface area (Å²) < 4.78 is 37.4. The number of carbonyl (C=O) groups is 3. The Morgan fingerprint density at radius 2 is 1.84 bits per heavy atom. The summed E-state index contributed by atoms with van der Waals surface area (Å²) in [6, 6.07) is 1.78. The Kier molecular flexibility index (Phi) is 9.92. The van der Waals surface area contributed by atoms with Gasteiger partial charge < -0.3 is 20.1 Å². The molecule has 0 saturated carbocycles. The van der Waals surface area contributed by atoms with Gasteiger partial charge in [-0.3, -0.25) is 8.98 Å². The first kappa shape index (κ1) is 27.7. The number of aromatic nitrogens is 1. The second-order valence-electron chi connectivity index (χ2n) is 7.72. The van der Waals surface area contributed by atoms with Crippen molar-refractivity contribution in [2.45, 2.75) is 56.9 Å². The first-order valence-corrected chi connectivity index (χ1v) is 12.5. The van der Waals surface area contributed by atoms with Gasteiger partial charge in [-0.2, -0.15) is 8.42 Å². The van der Waals surface area contributed by atoms with E-state index >= 15 is 0 Å². The highest BCUT2D eigenvalue weighted by atomic mass is 32.2. The molecule has 2 atom stereocenters. The molecular weight excluding hydrogens is 462 g/mol. The predicted molar refractivity (Wildman–Crippen MR) is 118 cm³/mol. The second kappa shape index (κ2) is 11.5. The molecule has 1 rings (SSSR count). The van der Waals surface area contributed by atoms with Gasteiger partial charge in [-0.05, 0) is 46.1 Å². The molecule has 0 spiro atoms. The molecule has 0 fully saturated rings. The molecule has 2 unspecified atom stereocenters. The Morgan fingerprint density at radius 1 is 1.22 bits per heavy atom. The van der Waals surface area contributed by atoms with E-state index in [0.717, 1.165) is 13.4 Å². The van der Waals surface area contributed by atoms with Crippen LogP contribution in [-0.4, -0.2) is 68.7 Å². The third-order valence-corrected chi connectivity index (χ3v) is 5.03. The lowest BCUT2D eigenvalue weighted by atomic mass is 10.1. The number of carbonyl (C=O) groups excluding carboxylic acids is 3. The van der Waals surface area contributed by atoms with Crippen LogP contribution in [0.2, 0.25) is 0 Å². The summed E-state index contributed by atoms with van der Waals surface area (Å²) in [4.78, 5) is 41.7. The minimum Gasteiger partial charge on any atom is -0.467 e. The predicted octanol–water partition coefficient (Wildman–Crippen LogP) is 1.46. The van der Waals surface area contributed by atoms with Gasteiger partial charge in [0, 0.05) is 4.90 Å². The second-order valence-corrected chi connectivity index (χ2v) is 10.2. The highest BCUT2D eigenvalue weighted by molar-refractivity contribution is 7.98. The van der Waals surface area contributed by atoms with E-state index in [4.69, 9.17) is 8.92 Å². The fourth-order valence-corrected chi connectivity index (χ4v) is 3.55. The molecule has 0 aliphatic heterocycles. The molecule has 1 aromatic rings. The van der Waals surface area contributed by atoms with Crippen molar-refractivity contribution >= 4 is 39.8 Å². The summed E-state index contributed by atoms with van der Waals surface area (Å²) in [7, 11) is -2.79. The van der Waals surface area contributed by atoms with Crippen molar-refractivity contribution in [2.24, 2.45) is 0 Å². The molecule has 0 bridgehead atoms. The maximum atomic E-state index is 12.8. The molecule has 13 heteroatoms. The Morgan fingerprint density at radius 3 is 2.34 bits per heavy atom. The quantitative estimate of drug-likeness (QED) is 0.295. The number of esters is 1. The van der Waals surface area contributed by atoms with E-state index in [1.54, 1.807) is 33.1 Å². The zero-order valence-electron chi connectivity index (χ0n) is 19.0. The molecule has 0 aliphatic carbocycles. The zero-order chi connectivity index (χ0) is 24.7. The van der Waals surface area contributed by atoms with Crippen LogP contribution in [-0.2, 0) is 35.1 Å². The first-order valence-electron chi connectivity index (χ1n) is 9.44. The largest absolute Gasteiger partial charge is 0.467 e.